The average molecular weight is 321 g/mol. The van der Waals surface area contributed by atoms with Crippen LogP contribution < -0.4 is 0 Å². The SMILES string of the molecule is N=C1C(S(=O)(=O)c2cccc(C(=O)O)c2)=CC=CC1C(=O)O. The van der Waals surface area contributed by atoms with E-state index in [4.69, 9.17) is 15.6 Å². The molecule has 0 spiro atoms. The summed E-state index contributed by atoms with van der Waals surface area (Å²) in [5.74, 6) is -3.97. The van der Waals surface area contributed by atoms with Crippen LogP contribution in [0.1, 0.15) is 10.4 Å². The van der Waals surface area contributed by atoms with Crippen LogP contribution in [0.25, 0.3) is 0 Å². The van der Waals surface area contributed by atoms with Crippen LogP contribution in [-0.4, -0.2) is 36.3 Å². The summed E-state index contributed by atoms with van der Waals surface area (Å²) in [5, 5.41) is 25.7. The number of allylic oxidation sites excluding steroid dienone is 3. The molecule has 2 rings (SSSR count). The van der Waals surface area contributed by atoms with Gasteiger partial charge in [0.2, 0.25) is 9.84 Å². The van der Waals surface area contributed by atoms with Crippen molar-refractivity contribution in [3.05, 3.63) is 53.0 Å². The van der Waals surface area contributed by atoms with Gasteiger partial charge in [-0.25, -0.2) is 13.2 Å². The van der Waals surface area contributed by atoms with Crippen LogP contribution in [0.2, 0.25) is 0 Å². The maximum absolute atomic E-state index is 12.5. The van der Waals surface area contributed by atoms with Crippen molar-refractivity contribution in [2.75, 3.05) is 0 Å². The van der Waals surface area contributed by atoms with Gasteiger partial charge < -0.3 is 15.6 Å². The average Bonchev–Trinajstić information content (AvgIpc) is 2.47. The van der Waals surface area contributed by atoms with Crippen molar-refractivity contribution in [3.8, 4) is 0 Å². The minimum Gasteiger partial charge on any atom is -0.481 e. The lowest BCUT2D eigenvalue weighted by molar-refractivity contribution is -0.138. The normalized spacial score (nSPS) is 17.9. The Balaban J connectivity index is 2.52. The molecule has 0 bridgehead atoms. The highest BCUT2D eigenvalue weighted by atomic mass is 32.2. The first kappa shape index (κ1) is 15.6. The van der Waals surface area contributed by atoms with E-state index in [9.17, 15) is 18.0 Å². The Morgan fingerprint density at radius 2 is 1.86 bits per heavy atom. The highest BCUT2D eigenvalue weighted by molar-refractivity contribution is 7.96. The predicted molar refractivity (Wildman–Crippen MR) is 76.7 cm³/mol. The van der Waals surface area contributed by atoms with Crippen LogP contribution >= 0.6 is 0 Å². The molecule has 1 aliphatic carbocycles. The Morgan fingerprint density at radius 1 is 1.18 bits per heavy atom. The first-order valence-corrected chi connectivity index (χ1v) is 7.52. The van der Waals surface area contributed by atoms with E-state index in [0.717, 1.165) is 12.1 Å². The molecule has 1 aromatic rings. The summed E-state index contributed by atoms with van der Waals surface area (Å²) in [6.07, 6.45) is 3.59. The number of carbonyl (C=O) groups is 2. The third-order valence-corrected chi connectivity index (χ3v) is 4.88. The fraction of sp³-hybridized carbons (Fsp3) is 0.0714. The first-order valence-electron chi connectivity index (χ1n) is 6.03. The molecule has 0 aliphatic heterocycles. The van der Waals surface area contributed by atoms with Crippen LogP contribution in [-0.2, 0) is 14.6 Å². The number of hydrogen-bond donors (Lipinski definition) is 3. The lowest BCUT2D eigenvalue weighted by Crippen LogP contribution is -2.28. The largest absolute Gasteiger partial charge is 0.481 e. The summed E-state index contributed by atoms with van der Waals surface area (Å²) in [6.45, 7) is 0. The number of hydrogen-bond acceptors (Lipinski definition) is 5. The smallest absolute Gasteiger partial charge is 0.335 e. The minimum absolute atomic E-state index is 0.214. The van der Waals surface area contributed by atoms with Crippen LogP contribution in [0, 0.1) is 11.3 Å². The zero-order valence-electron chi connectivity index (χ0n) is 11.1. The molecule has 0 heterocycles. The fourth-order valence-electron chi connectivity index (χ4n) is 1.96. The number of nitrogens with one attached hydrogen (secondary N) is 1. The van der Waals surface area contributed by atoms with E-state index in [1.807, 2.05) is 0 Å². The van der Waals surface area contributed by atoms with Gasteiger partial charge in [0.1, 0.15) is 5.92 Å². The second-order valence-corrected chi connectivity index (χ2v) is 6.40. The summed E-state index contributed by atoms with van der Waals surface area (Å²) in [4.78, 5) is 21.2. The number of aromatic carboxylic acids is 1. The molecule has 0 saturated carbocycles. The second-order valence-electron chi connectivity index (χ2n) is 4.48. The maximum Gasteiger partial charge on any atom is 0.335 e. The zero-order chi connectivity index (χ0) is 16.5. The van der Waals surface area contributed by atoms with Crippen molar-refractivity contribution >= 4 is 27.5 Å². The number of benzene rings is 1. The van der Waals surface area contributed by atoms with E-state index in [1.165, 1.54) is 30.4 Å². The third kappa shape index (κ3) is 2.68. The standard InChI is InChI=1S/C14H11NO6S/c15-12-10(14(18)19)5-2-6-11(12)22(20,21)9-4-1-3-8(7-9)13(16)17/h1-7,10,15H,(H,16,17)(H,18,19). The van der Waals surface area contributed by atoms with Crippen LogP contribution in [0.3, 0.4) is 0 Å². The second kappa shape index (κ2) is 5.57. The summed E-state index contributed by atoms with van der Waals surface area (Å²) < 4.78 is 25.0. The Morgan fingerprint density at radius 3 is 2.45 bits per heavy atom. The molecule has 1 atom stereocenters. The van der Waals surface area contributed by atoms with Gasteiger partial charge in [0, 0.05) is 0 Å². The summed E-state index contributed by atoms with van der Waals surface area (Å²) in [5.41, 5.74) is -0.773. The molecule has 3 N–H and O–H groups in total. The molecule has 0 aromatic heterocycles. The molecule has 0 radical (unpaired) electrons. The van der Waals surface area contributed by atoms with Crippen molar-refractivity contribution < 1.29 is 28.2 Å². The lowest BCUT2D eigenvalue weighted by Gasteiger charge is -2.17. The Bertz CT molecular complexity index is 835. The Kier molecular flexibility index (Phi) is 3.96. The van der Waals surface area contributed by atoms with Crippen molar-refractivity contribution in [2.24, 2.45) is 5.92 Å². The highest BCUT2D eigenvalue weighted by Gasteiger charge is 2.33. The quantitative estimate of drug-likeness (QED) is 0.766. The molecule has 0 amide bonds. The number of rotatable bonds is 4. The van der Waals surface area contributed by atoms with Gasteiger partial charge in [-0.2, -0.15) is 0 Å². The highest BCUT2D eigenvalue weighted by Crippen LogP contribution is 2.26. The van der Waals surface area contributed by atoms with Gasteiger partial charge in [-0.3, -0.25) is 4.79 Å². The lowest BCUT2D eigenvalue weighted by atomic mass is 9.99. The van der Waals surface area contributed by atoms with Crippen molar-refractivity contribution in [1.82, 2.24) is 0 Å². The first-order chi connectivity index (χ1) is 10.2. The van der Waals surface area contributed by atoms with Crippen LogP contribution in [0.4, 0.5) is 0 Å². The van der Waals surface area contributed by atoms with E-state index in [0.29, 0.717) is 0 Å². The Hall–Kier alpha value is -2.74. The van der Waals surface area contributed by atoms with E-state index in [-0.39, 0.29) is 10.5 Å². The van der Waals surface area contributed by atoms with Crippen molar-refractivity contribution in [3.63, 3.8) is 0 Å². The van der Waals surface area contributed by atoms with Crippen molar-refractivity contribution in [2.45, 2.75) is 4.90 Å². The minimum atomic E-state index is -4.18. The van der Waals surface area contributed by atoms with Gasteiger partial charge in [0.15, 0.2) is 0 Å². The molecule has 22 heavy (non-hydrogen) atoms. The number of carboxylic acid groups (broad SMARTS) is 2. The monoisotopic (exact) mass is 321 g/mol. The summed E-state index contributed by atoms with van der Waals surface area (Å²) >= 11 is 0. The van der Waals surface area contributed by atoms with E-state index in [2.05, 4.69) is 0 Å². The molecule has 0 saturated heterocycles. The molecular formula is C14H11NO6S. The van der Waals surface area contributed by atoms with Gasteiger partial charge in [-0.1, -0.05) is 18.2 Å². The van der Waals surface area contributed by atoms with Crippen LogP contribution in [0.5, 0.6) is 0 Å². The van der Waals surface area contributed by atoms with E-state index in [1.54, 1.807) is 0 Å². The van der Waals surface area contributed by atoms with Gasteiger partial charge in [-0.15, -0.1) is 0 Å². The molecule has 1 aromatic carbocycles. The Labute approximate surface area is 125 Å². The fourth-order valence-corrected chi connectivity index (χ4v) is 3.42. The summed E-state index contributed by atoms with van der Waals surface area (Å²) in [7, 11) is -4.18. The van der Waals surface area contributed by atoms with Gasteiger partial charge in [0.25, 0.3) is 0 Å². The molecule has 1 aliphatic rings. The topological polar surface area (TPSA) is 133 Å². The van der Waals surface area contributed by atoms with E-state index >= 15 is 0 Å². The maximum atomic E-state index is 12.5. The molecule has 114 valence electrons. The molecule has 8 heteroatoms. The molecular weight excluding hydrogens is 310 g/mol. The molecule has 7 nitrogen and oxygen atoms in total. The zero-order valence-corrected chi connectivity index (χ0v) is 11.9. The predicted octanol–water partition coefficient (Wildman–Crippen LogP) is 1.33. The van der Waals surface area contributed by atoms with Crippen LogP contribution in [0.15, 0.2) is 52.3 Å². The molecule has 0 fully saturated rings. The number of carboxylic acids is 2. The number of sulfone groups is 1. The summed E-state index contributed by atoms with van der Waals surface area (Å²) in [6, 6.07) is 4.68. The third-order valence-electron chi connectivity index (χ3n) is 3.07. The van der Waals surface area contributed by atoms with Gasteiger partial charge in [-0.05, 0) is 24.3 Å². The van der Waals surface area contributed by atoms with Gasteiger partial charge in [0.05, 0.1) is 21.1 Å². The van der Waals surface area contributed by atoms with Gasteiger partial charge >= 0.3 is 11.9 Å². The number of aliphatic carboxylic acids is 1. The van der Waals surface area contributed by atoms with Crippen molar-refractivity contribution in [1.29, 1.82) is 5.41 Å². The van der Waals surface area contributed by atoms with E-state index < -0.39 is 38.3 Å². The molecule has 1 unspecified atom stereocenters.